The number of benzene rings is 1. The minimum atomic E-state index is -0.897. The summed E-state index contributed by atoms with van der Waals surface area (Å²) in [7, 11) is 1.66. The Kier molecular flexibility index (Phi) is 5.30. The Morgan fingerprint density at radius 1 is 1.29 bits per heavy atom. The molecule has 0 spiro atoms. The molecule has 24 heavy (non-hydrogen) atoms. The van der Waals surface area contributed by atoms with E-state index in [1.54, 1.807) is 7.11 Å². The molecule has 2 heterocycles. The average molecular weight is 329 g/mol. The van der Waals surface area contributed by atoms with Gasteiger partial charge in [0.15, 0.2) is 0 Å². The van der Waals surface area contributed by atoms with Gasteiger partial charge in [0.2, 0.25) is 0 Å². The van der Waals surface area contributed by atoms with Crippen LogP contribution in [0.15, 0.2) is 36.4 Å². The van der Waals surface area contributed by atoms with Crippen molar-refractivity contribution in [2.45, 2.75) is 19.2 Å². The highest BCUT2D eigenvalue weighted by Crippen LogP contribution is 2.18. The molecule has 0 radical (unpaired) electrons. The van der Waals surface area contributed by atoms with Crippen LogP contribution in [0.25, 0.3) is 6.08 Å². The monoisotopic (exact) mass is 329 g/mol. The highest BCUT2D eigenvalue weighted by Gasteiger charge is 2.20. The topological polar surface area (TPSA) is 70.8 Å². The summed E-state index contributed by atoms with van der Waals surface area (Å²) >= 11 is 0. The van der Waals surface area contributed by atoms with Gasteiger partial charge in [-0.25, -0.2) is 0 Å². The molecule has 2 aromatic rings. The summed E-state index contributed by atoms with van der Waals surface area (Å²) in [5.74, 6) is 0.859. The normalized spacial score (nSPS) is 16.3. The zero-order valence-corrected chi connectivity index (χ0v) is 13.8. The fraction of sp³-hybridized carbons (Fsp3) is 0.389. The van der Waals surface area contributed by atoms with Crippen molar-refractivity contribution in [2.24, 2.45) is 0 Å². The number of rotatable bonds is 6. The third-order valence-corrected chi connectivity index (χ3v) is 4.20. The number of methoxy groups -OCH3 is 1. The van der Waals surface area contributed by atoms with E-state index in [1.165, 1.54) is 0 Å². The molecular formula is C18H23N3O3. The second-order valence-electron chi connectivity index (χ2n) is 5.89. The van der Waals surface area contributed by atoms with E-state index in [0.717, 1.165) is 43.2 Å². The number of aromatic nitrogens is 2. The summed E-state index contributed by atoms with van der Waals surface area (Å²) in [4.78, 5) is 2.33. The molecule has 6 nitrogen and oxygen atoms in total. The molecule has 1 aliphatic heterocycles. The van der Waals surface area contributed by atoms with Crippen LogP contribution in [0, 0.1) is 0 Å². The first-order valence-corrected chi connectivity index (χ1v) is 8.08. The summed E-state index contributed by atoms with van der Waals surface area (Å²) < 4.78 is 7.07. The summed E-state index contributed by atoms with van der Waals surface area (Å²) in [6.45, 7) is 3.05. The van der Waals surface area contributed by atoms with Crippen LogP contribution in [0.2, 0.25) is 0 Å². The number of ether oxygens (including phenoxy) is 1. The van der Waals surface area contributed by atoms with E-state index in [4.69, 9.17) is 9.84 Å². The number of hydrogen-bond acceptors (Lipinski definition) is 5. The Balaban J connectivity index is 1.57. The Morgan fingerprint density at radius 3 is 2.79 bits per heavy atom. The zero-order valence-electron chi connectivity index (χ0n) is 13.8. The van der Waals surface area contributed by atoms with E-state index in [1.807, 2.05) is 35.0 Å². The Bertz CT molecular complexity index is 694. The summed E-state index contributed by atoms with van der Waals surface area (Å²) in [6, 6.07) is 9.84. The van der Waals surface area contributed by atoms with Crippen molar-refractivity contribution >= 4 is 6.08 Å². The molecule has 0 unspecified atom stereocenters. The fourth-order valence-corrected chi connectivity index (χ4v) is 2.81. The number of hydrogen-bond donors (Lipinski definition) is 2. The maximum Gasteiger partial charge on any atom is 0.121 e. The maximum absolute atomic E-state index is 9.69. The molecule has 0 fully saturated rings. The predicted octanol–water partition coefficient (Wildman–Crippen LogP) is 1.45. The zero-order chi connectivity index (χ0) is 16.9. The molecular weight excluding hydrogens is 306 g/mol. The van der Waals surface area contributed by atoms with E-state index in [2.05, 4.69) is 22.2 Å². The smallest absolute Gasteiger partial charge is 0.121 e. The predicted molar refractivity (Wildman–Crippen MR) is 91.6 cm³/mol. The second-order valence-corrected chi connectivity index (χ2v) is 5.89. The average Bonchev–Trinajstić information content (AvgIpc) is 3.05. The number of aliphatic hydroxyl groups excluding tert-OH is 2. The lowest BCUT2D eigenvalue weighted by molar-refractivity contribution is 0.0915. The minimum Gasteiger partial charge on any atom is -0.497 e. The first-order chi connectivity index (χ1) is 11.7. The van der Waals surface area contributed by atoms with Crippen molar-refractivity contribution in [3.63, 3.8) is 0 Å². The standard InChI is InChI=1S/C18H23N3O3/c1-24-16-6-4-14(5-7-16)3-2-8-20-9-10-21-15(12-20)11-17(19-21)18(23)13-22/h2-7,11,18,22-23H,8-10,12-13H2,1H3/b3-2+/t18-/m0/s1. The lowest BCUT2D eigenvalue weighted by Gasteiger charge is -2.26. The highest BCUT2D eigenvalue weighted by atomic mass is 16.5. The molecule has 0 saturated carbocycles. The van der Waals surface area contributed by atoms with Crippen LogP contribution in [0.5, 0.6) is 5.75 Å². The Morgan fingerprint density at radius 2 is 2.08 bits per heavy atom. The molecule has 128 valence electrons. The summed E-state index contributed by atoms with van der Waals surface area (Å²) in [6.07, 6.45) is 3.36. The Hall–Kier alpha value is -2.15. The van der Waals surface area contributed by atoms with Gasteiger partial charge >= 0.3 is 0 Å². The van der Waals surface area contributed by atoms with Gasteiger partial charge in [-0.05, 0) is 23.8 Å². The third kappa shape index (κ3) is 3.84. The van der Waals surface area contributed by atoms with Gasteiger partial charge < -0.3 is 14.9 Å². The molecule has 2 N–H and O–H groups in total. The van der Waals surface area contributed by atoms with E-state index in [0.29, 0.717) is 5.69 Å². The minimum absolute atomic E-state index is 0.301. The largest absolute Gasteiger partial charge is 0.497 e. The van der Waals surface area contributed by atoms with Crippen LogP contribution in [0.3, 0.4) is 0 Å². The van der Waals surface area contributed by atoms with Crippen molar-refractivity contribution in [1.29, 1.82) is 0 Å². The van der Waals surface area contributed by atoms with Crippen molar-refractivity contribution in [1.82, 2.24) is 14.7 Å². The molecule has 1 aromatic carbocycles. The quantitative estimate of drug-likeness (QED) is 0.839. The van der Waals surface area contributed by atoms with Gasteiger partial charge in [-0.1, -0.05) is 24.3 Å². The van der Waals surface area contributed by atoms with Gasteiger partial charge in [0.1, 0.15) is 11.9 Å². The summed E-state index contributed by atoms with van der Waals surface area (Å²) in [5, 5.41) is 23.1. The lowest BCUT2D eigenvalue weighted by Crippen LogP contribution is -2.33. The van der Waals surface area contributed by atoms with Gasteiger partial charge in [0, 0.05) is 19.6 Å². The van der Waals surface area contributed by atoms with Crippen molar-refractivity contribution in [3.05, 3.63) is 53.4 Å². The number of aliphatic hydroxyl groups is 2. The van der Waals surface area contributed by atoms with E-state index >= 15 is 0 Å². The van der Waals surface area contributed by atoms with Crippen LogP contribution in [-0.4, -0.2) is 51.7 Å². The van der Waals surface area contributed by atoms with Gasteiger partial charge in [0.05, 0.1) is 31.6 Å². The lowest BCUT2D eigenvalue weighted by atomic mass is 10.2. The number of nitrogens with zero attached hydrogens (tertiary/aromatic N) is 3. The van der Waals surface area contributed by atoms with Crippen LogP contribution < -0.4 is 4.74 Å². The molecule has 0 amide bonds. The van der Waals surface area contributed by atoms with Crippen LogP contribution >= 0.6 is 0 Å². The molecule has 0 saturated heterocycles. The first-order valence-electron chi connectivity index (χ1n) is 8.08. The molecule has 0 aliphatic carbocycles. The van der Waals surface area contributed by atoms with Gasteiger partial charge in [-0.15, -0.1) is 0 Å². The SMILES string of the molecule is COc1ccc(/C=C/CN2CCn3nc([C@@H](O)CO)cc3C2)cc1. The van der Waals surface area contributed by atoms with Crippen molar-refractivity contribution in [3.8, 4) is 5.75 Å². The summed E-state index contributed by atoms with van der Waals surface area (Å²) in [5.41, 5.74) is 2.76. The molecule has 0 bridgehead atoms. The van der Waals surface area contributed by atoms with Crippen LogP contribution in [-0.2, 0) is 13.1 Å². The molecule has 1 aromatic heterocycles. The second kappa shape index (κ2) is 7.61. The molecule has 6 heteroatoms. The third-order valence-electron chi connectivity index (χ3n) is 4.20. The van der Waals surface area contributed by atoms with E-state index in [9.17, 15) is 5.11 Å². The van der Waals surface area contributed by atoms with Crippen molar-refractivity contribution < 1.29 is 14.9 Å². The highest BCUT2D eigenvalue weighted by molar-refractivity contribution is 5.50. The molecule has 3 rings (SSSR count). The van der Waals surface area contributed by atoms with E-state index in [-0.39, 0.29) is 6.61 Å². The first kappa shape index (κ1) is 16.7. The number of fused-ring (bicyclic) bond motifs is 1. The van der Waals surface area contributed by atoms with Crippen LogP contribution in [0.4, 0.5) is 0 Å². The van der Waals surface area contributed by atoms with Gasteiger partial charge in [-0.2, -0.15) is 5.10 Å². The van der Waals surface area contributed by atoms with Crippen LogP contribution in [0.1, 0.15) is 23.1 Å². The maximum atomic E-state index is 9.69. The van der Waals surface area contributed by atoms with E-state index < -0.39 is 6.10 Å². The molecule has 1 atom stereocenters. The Labute approximate surface area is 141 Å². The van der Waals surface area contributed by atoms with Crippen molar-refractivity contribution in [2.75, 3.05) is 26.8 Å². The molecule has 1 aliphatic rings. The fourth-order valence-electron chi connectivity index (χ4n) is 2.81. The van der Waals surface area contributed by atoms with Gasteiger partial charge in [-0.3, -0.25) is 9.58 Å². The van der Waals surface area contributed by atoms with Gasteiger partial charge in [0.25, 0.3) is 0 Å².